The molecule has 0 fully saturated rings. The van der Waals surface area contributed by atoms with E-state index in [9.17, 15) is 4.79 Å². The number of hydrogen-bond acceptors (Lipinski definition) is 5. The van der Waals surface area contributed by atoms with Crippen LogP contribution >= 0.6 is 0 Å². The lowest BCUT2D eigenvalue weighted by Gasteiger charge is -2.08. The van der Waals surface area contributed by atoms with Crippen molar-refractivity contribution in [1.82, 2.24) is 15.5 Å². The van der Waals surface area contributed by atoms with E-state index in [1.165, 1.54) is 0 Å². The Labute approximate surface area is 138 Å². The molecule has 0 saturated heterocycles. The summed E-state index contributed by atoms with van der Waals surface area (Å²) in [5.41, 5.74) is 0.948. The maximum Gasteiger partial charge on any atom is 0.320 e. The second-order valence-electron chi connectivity index (χ2n) is 5.06. The van der Waals surface area contributed by atoms with Crippen LogP contribution in [0, 0.1) is 6.92 Å². The second kappa shape index (κ2) is 7.28. The van der Waals surface area contributed by atoms with Crippen LogP contribution in [-0.2, 0) is 6.54 Å². The number of aryl methyl sites for hydroxylation is 1. The lowest BCUT2D eigenvalue weighted by atomic mass is 10.2. The number of aromatic nitrogens is 2. The van der Waals surface area contributed by atoms with Crippen molar-refractivity contribution in [3.8, 4) is 11.5 Å². The number of ether oxygens (including phenoxy) is 1. The third-order valence-electron chi connectivity index (χ3n) is 3.13. The molecule has 0 aliphatic rings. The summed E-state index contributed by atoms with van der Waals surface area (Å²) in [5, 5.41) is 9.03. The number of anilines is 1. The maximum absolute atomic E-state index is 11.8. The van der Waals surface area contributed by atoms with Crippen molar-refractivity contribution in [2.45, 2.75) is 13.5 Å². The van der Waals surface area contributed by atoms with Crippen molar-refractivity contribution < 1.29 is 14.1 Å². The van der Waals surface area contributed by atoms with Gasteiger partial charge < -0.3 is 14.6 Å². The Bertz CT molecular complexity index is 800. The number of carbonyl (C=O) groups excluding carboxylic acids is 1. The van der Waals surface area contributed by atoms with E-state index in [4.69, 9.17) is 9.26 Å². The van der Waals surface area contributed by atoms with E-state index >= 15 is 0 Å². The van der Waals surface area contributed by atoms with E-state index < -0.39 is 0 Å². The molecule has 24 heavy (non-hydrogen) atoms. The summed E-state index contributed by atoms with van der Waals surface area (Å²) in [4.78, 5) is 15.7. The lowest BCUT2D eigenvalue weighted by Crippen LogP contribution is -2.28. The number of hydrogen-bond donors (Lipinski definition) is 2. The Hall–Kier alpha value is -3.35. The predicted octanol–water partition coefficient (Wildman–Crippen LogP) is 3.49. The van der Waals surface area contributed by atoms with Gasteiger partial charge in [0.2, 0.25) is 0 Å². The quantitative estimate of drug-likeness (QED) is 0.750. The molecule has 1 aromatic carbocycles. The van der Waals surface area contributed by atoms with Crippen LogP contribution in [-0.4, -0.2) is 16.2 Å². The molecule has 7 heteroatoms. The van der Waals surface area contributed by atoms with Crippen molar-refractivity contribution >= 4 is 11.8 Å². The smallest absolute Gasteiger partial charge is 0.320 e. The van der Waals surface area contributed by atoms with E-state index in [0.717, 1.165) is 11.3 Å². The highest BCUT2D eigenvalue weighted by molar-refractivity contribution is 5.88. The molecule has 0 aliphatic heterocycles. The summed E-state index contributed by atoms with van der Waals surface area (Å²) in [7, 11) is 0. The van der Waals surface area contributed by atoms with Crippen LogP contribution in [0.1, 0.15) is 11.3 Å². The van der Waals surface area contributed by atoms with Crippen LogP contribution in [0.3, 0.4) is 0 Å². The lowest BCUT2D eigenvalue weighted by molar-refractivity contribution is 0.251. The van der Waals surface area contributed by atoms with Crippen molar-refractivity contribution in [3.05, 3.63) is 66.2 Å². The Morgan fingerprint density at radius 1 is 1.12 bits per heavy atom. The standard InChI is InChI=1S/C17H16N4O3/c1-12-10-16(21-24-12)20-17(22)19-11-13-2-4-14(5-3-13)23-15-6-8-18-9-7-15/h2-10H,11H2,1H3,(H2,19,20,21,22). The zero-order valence-electron chi connectivity index (χ0n) is 13.0. The summed E-state index contributed by atoms with van der Waals surface area (Å²) in [6.45, 7) is 2.14. The van der Waals surface area contributed by atoms with Gasteiger partial charge in [-0.1, -0.05) is 17.3 Å². The van der Waals surface area contributed by atoms with Gasteiger partial charge in [-0.15, -0.1) is 0 Å². The summed E-state index contributed by atoms with van der Waals surface area (Å²) in [6.07, 6.45) is 3.34. The molecular formula is C17H16N4O3. The number of nitrogens with one attached hydrogen (secondary N) is 2. The molecule has 0 atom stereocenters. The monoisotopic (exact) mass is 324 g/mol. The van der Waals surface area contributed by atoms with Crippen LogP contribution in [0.5, 0.6) is 11.5 Å². The highest BCUT2D eigenvalue weighted by atomic mass is 16.5. The summed E-state index contributed by atoms with van der Waals surface area (Å²) in [5.74, 6) is 2.45. The summed E-state index contributed by atoms with van der Waals surface area (Å²) in [6, 6.07) is 12.3. The third-order valence-corrected chi connectivity index (χ3v) is 3.13. The van der Waals surface area contributed by atoms with Gasteiger partial charge in [0.1, 0.15) is 17.3 Å². The van der Waals surface area contributed by atoms with Gasteiger partial charge in [-0.25, -0.2) is 4.79 Å². The number of pyridine rings is 1. The van der Waals surface area contributed by atoms with Gasteiger partial charge in [-0.3, -0.25) is 10.3 Å². The van der Waals surface area contributed by atoms with E-state index in [1.807, 2.05) is 24.3 Å². The normalized spacial score (nSPS) is 10.2. The number of amides is 2. The van der Waals surface area contributed by atoms with Crippen LogP contribution in [0.2, 0.25) is 0 Å². The van der Waals surface area contributed by atoms with Crippen LogP contribution in [0.4, 0.5) is 10.6 Å². The highest BCUT2D eigenvalue weighted by Gasteiger charge is 2.05. The topological polar surface area (TPSA) is 89.3 Å². The Kier molecular flexibility index (Phi) is 4.71. The Morgan fingerprint density at radius 2 is 1.83 bits per heavy atom. The molecule has 2 aromatic heterocycles. The van der Waals surface area contributed by atoms with Gasteiger partial charge in [0, 0.05) is 25.0 Å². The maximum atomic E-state index is 11.8. The first-order chi connectivity index (χ1) is 11.7. The van der Waals surface area contributed by atoms with Gasteiger partial charge in [0.15, 0.2) is 5.82 Å². The van der Waals surface area contributed by atoms with Gasteiger partial charge >= 0.3 is 6.03 Å². The number of nitrogens with zero attached hydrogens (tertiary/aromatic N) is 2. The first-order valence-corrected chi connectivity index (χ1v) is 7.34. The van der Waals surface area contributed by atoms with Crippen LogP contribution in [0.15, 0.2) is 59.4 Å². The molecule has 3 rings (SSSR count). The van der Waals surface area contributed by atoms with Gasteiger partial charge in [0.05, 0.1) is 0 Å². The minimum Gasteiger partial charge on any atom is -0.457 e. The number of urea groups is 1. The average molecular weight is 324 g/mol. The van der Waals surface area contributed by atoms with E-state index in [2.05, 4.69) is 20.8 Å². The van der Waals surface area contributed by atoms with Crippen molar-refractivity contribution in [3.63, 3.8) is 0 Å². The molecule has 0 radical (unpaired) electrons. The fourth-order valence-electron chi connectivity index (χ4n) is 1.99. The average Bonchev–Trinajstić information content (AvgIpc) is 3.00. The molecule has 7 nitrogen and oxygen atoms in total. The number of benzene rings is 1. The molecule has 3 aromatic rings. The first kappa shape index (κ1) is 15.5. The van der Waals surface area contributed by atoms with Gasteiger partial charge in [0.25, 0.3) is 0 Å². The molecule has 2 amide bonds. The summed E-state index contributed by atoms with van der Waals surface area (Å²) >= 11 is 0. The molecule has 2 heterocycles. The molecule has 0 unspecified atom stereocenters. The van der Waals surface area contributed by atoms with Gasteiger partial charge in [-0.2, -0.15) is 0 Å². The SMILES string of the molecule is Cc1cc(NC(=O)NCc2ccc(Oc3ccncc3)cc2)no1. The van der Waals surface area contributed by atoms with Crippen LogP contribution in [0.25, 0.3) is 0 Å². The molecule has 0 aliphatic carbocycles. The van der Waals surface area contributed by atoms with E-state index in [-0.39, 0.29) is 6.03 Å². The summed E-state index contributed by atoms with van der Waals surface area (Å²) < 4.78 is 10.6. The molecule has 2 N–H and O–H groups in total. The molecular weight excluding hydrogens is 308 g/mol. The zero-order chi connectivity index (χ0) is 16.8. The molecule has 122 valence electrons. The van der Waals surface area contributed by atoms with Gasteiger partial charge in [-0.05, 0) is 36.8 Å². The van der Waals surface area contributed by atoms with E-state index in [1.54, 1.807) is 37.5 Å². The molecule has 0 saturated carbocycles. The third kappa shape index (κ3) is 4.33. The minimum absolute atomic E-state index is 0.347. The largest absolute Gasteiger partial charge is 0.457 e. The zero-order valence-corrected chi connectivity index (χ0v) is 13.0. The number of carbonyl (C=O) groups is 1. The Balaban J connectivity index is 1.50. The van der Waals surface area contributed by atoms with Crippen LogP contribution < -0.4 is 15.4 Å². The first-order valence-electron chi connectivity index (χ1n) is 7.34. The highest BCUT2D eigenvalue weighted by Crippen LogP contribution is 2.20. The number of rotatable bonds is 5. The molecule has 0 spiro atoms. The molecule has 0 bridgehead atoms. The van der Waals surface area contributed by atoms with Crippen molar-refractivity contribution in [2.75, 3.05) is 5.32 Å². The predicted molar refractivity (Wildman–Crippen MR) is 87.9 cm³/mol. The van der Waals surface area contributed by atoms with Crippen molar-refractivity contribution in [2.24, 2.45) is 0 Å². The fourth-order valence-corrected chi connectivity index (χ4v) is 1.99. The second-order valence-corrected chi connectivity index (χ2v) is 5.06. The minimum atomic E-state index is -0.347. The fraction of sp³-hybridized carbons (Fsp3) is 0.118. The Morgan fingerprint density at radius 3 is 2.50 bits per heavy atom. The van der Waals surface area contributed by atoms with E-state index in [0.29, 0.717) is 23.9 Å². The van der Waals surface area contributed by atoms with Crippen molar-refractivity contribution in [1.29, 1.82) is 0 Å².